The van der Waals surface area contributed by atoms with Crippen LogP contribution in [0.5, 0.6) is 0 Å². The van der Waals surface area contributed by atoms with E-state index in [0.717, 1.165) is 24.5 Å². The molecule has 0 saturated carbocycles. The first-order valence-electron chi connectivity index (χ1n) is 6.78. The van der Waals surface area contributed by atoms with Gasteiger partial charge in [0.25, 0.3) is 5.91 Å². The van der Waals surface area contributed by atoms with Gasteiger partial charge in [0.05, 0.1) is 18.4 Å². The molecule has 6 nitrogen and oxygen atoms in total. The van der Waals surface area contributed by atoms with E-state index in [4.69, 9.17) is 10.5 Å². The van der Waals surface area contributed by atoms with Crippen molar-refractivity contribution in [3.8, 4) is 0 Å². The molecule has 1 aliphatic rings. The number of nitrogens with zero attached hydrogens (tertiary/aromatic N) is 1. The lowest BCUT2D eigenvalue weighted by atomic mass is 9.93. The zero-order valence-corrected chi connectivity index (χ0v) is 13.6. The average Bonchev–Trinajstić information content (AvgIpc) is 2.97. The lowest BCUT2D eigenvalue weighted by molar-refractivity contribution is 0.0607. The molecule has 0 spiro atoms. The third-order valence-corrected chi connectivity index (χ3v) is 4.96. The monoisotopic (exact) mass is 311 g/mol. The van der Waals surface area contributed by atoms with Crippen LogP contribution in [0.2, 0.25) is 0 Å². The average molecular weight is 311 g/mol. The number of ether oxygens (including phenoxy) is 1. The van der Waals surface area contributed by atoms with Gasteiger partial charge in [-0.05, 0) is 11.8 Å². The van der Waals surface area contributed by atoms with Gasteiger partial charge < -0.3 is 20.7 Å². The highest BCUT2D eigenvalue weighted by molar-refractivity contribution is 7.19. The largest absolute Gasteiger partial charge is 0.465 e. The minimum Gasteiger partial charge on any atom is -0.465 e. The van der Waals surface area contributed by atoms with Crippen molar-refractivity contribution >= 4 is 33.9 Å². The summed E-state index contributed by atoms with van der Waals surface area (Å²) in [6.45, 7) is 6.05. The van der Waals surface area contributed by atoms with Crippen molar-refractivity contribution in [1.29, 1.82) is 0 Å². The number of rotatable bonds is 3. The summed E-state index contributed by atoms with van der Waals surface area (Å²) in [5.41, 5.74) is 6.77. The van der Waals surface area contributed by atoms with E-state index in [1.54, 1.807) is 7.05 Å². The normalized spacial score (nSPS) is 16.9. The maximum atomic E-state index is 12.1. The molecule has 1 aliphatic heterocycles. The molecule has 1 saturated heterocycles. The van der Waals surface area contributed by atoms with Crippen LogP contribution in [0.3, 0.4) is 0 Å². The molecule has 0 aliphatic carbocycles. The molecule has 116 valence electrons. The third kappa shape index (κ3) is 2.83. The zero-order valence-electron chi connectivity index (χ0n) is 12.8. The van der Waals surface area contributed by atoms with Crippen molar-refractivity contribution in [2.75, 3.05) is 37.9 Å². The molecule has 21 heavy (non-hydrogen) atoms. The summed E-state index contributed by atoms with van der Waals surface area (Å²) in [6, 6.07) is 0. The fourth-order valence-corrected chi connectivity index (χ4v) is 3.69. The molecule has 1 aromatic rings. The molecule has 3 N–H and O–H groups in total. The van der Waals surface area contributed by atoms with Crippen LogP contribution in [-0.4, -0.2) is 39.1 Å². The van der Waals surface area contributed by atoms with Crippen LogP contribution in [0.25, 0.3) is 0 Å². The molecule has 0 aromatic carbocycles. The van der Waals surface area contributed by atoms with Crippen LogP contribution >= 0.6 is 11.3 Å². The number of methoxy groups -OCH3 is 1. The number of hydrogen-bond donors (Lipinski definition) is 2. The second-order valence-electron chi connectivity index (χ2n) is 5.93. The first kappa shape index (κ1) is 15.6. The Balaban J connectivity index is 2.49. The minimum atomic E-state index is -0.507. The molecular weight excluding hydrogens is 290 g/mol. The summed E-state index contributed by atoms with van der Waals surface area (Å²) in [5, 5.41) is 3.33. The first-order valence-corrected chi connectivity index (χ1v) is 7.60. The van der Waals surface area contributed by atoms with Gasteiger partial charge in [-0.1, -0.05) is 13.8 Å². The van der Waals surface area contributed by atoms with E-state index in [0.29, 0.717) is 5.56 Å². The predicted octanol–water partition coefficient (Wildman–Crippen LogP) is 1.71. The highest BCUT2D eigenvalue weighted by atomic mass is 32.1. The maximum Gasteiger partial charge on any atom is 0.350 e. The Morgan fingerprint density at radius 3 is 2.57 bits per heavy atom. The van der Waals surface area contributed by atoms with E-state index < -0.39 is 5.97 Å². The molecule has 2 rings (SSSR count). The molecule has 1 fully saturated rings. The SMILES string of the molecule is CNC(=O)c1c(N2CCC(C)(C)C2)sc(C(=O)OC)c1N. The van der Waals surface area contributed by atoms with Crippen molar-refractivity contribution in [3.63, 3.8) is 0 Å². The number of carbonyl (C=O) groups excluding carboxylic acids is 2. The smallest absolute Gasteiger partial charge is 0.350 e. The molecule has 7 heteroatoms. The van der Waals surface area contributed by atoms with E-state index in [1.165, 1.54) is 18.4 Å². The van der Waals surface area contributed by atoms with E-state index in [9.17, 15) is 9.59 Å². The third-order valence-electron chi connectivity index (χ3n) is 3.72. The van der Waals surface area contributed by atoms with Gasteiger partial charge in [-0.2, -0.15) is 0 Å². The molecule has 1 amide bonds. The van der Waals surface area contributed by atoms with Gasteiger partial charge in [-0.25, -0.2) is 4.79 Å². The fraction of sp³-hybridized carbons (Fsp3) is 0.571. The number of amides is 1. The van der Waals surface area contributed by atoms with Gasteiger partial charge in [0.1, 0.15) is 9.88 Å². The number of nitrogen functional groups attached to an aromatic ring is 1. The number of thiophene rings is 1. The molecular formula is C14H21N3O3S. The summed E-state index contributed by atoms with van der Waals surface area (Å²) in [4.78, 5) is 26.4. The van der Waals surface area contributed by atoms with Gasteiger partial charge in [0, 0.05) is 20.1 Å². The Bertz CT molecular complexity index is 580. The molecule has 0 unspecified atom stereocenters. The number of nitrogens with one attached hydrogen (secondary N) is 1. The van der Waals surface area contributed by atoms with Gasteiger partial charge in [-0.15, -0.1) is 11.3 Å². The van der Waals surface area contributed by atoms with Crippen molar-refractivity contribution < 1.29 is 14.3 Å². The standard InChI is InChI=1S/C14H21N3O3S/c1-14(2)5-6-17(7-14)12-8(11(18)16-3)9(15)10(21-12)13(19)20-4/h5-7,15H2,1-4H3,(H,16,18). The Morgan fingerprint density at radius 2 is 2.10 bits per heavy atom. The summed E-state index contributed by atoms with van der Waals surface area (Å²) >= 11 is 1.23. The molecule has 2 heterocycles. The molecule has 0 radical (unpaired) electrons. The topological polar surface area (TPSA) is 84.7 Å². The first-order chi connectivity index (χ1) is 9.80. The second-order valence-corrected chi connectivity index (χ2v) is 6.93. The number of anilines is 2. The van der Waals surface area contributed by atoms with Gasteiger partial charge in [0.15, 0.2) is 0 Å². The van der Waals surface area contributed by atoms with Crippen molar-refractivity contribution in [2.45, 2.75) is 20.3 Å². The van der Waals surface area contributed by atoms with Crippen LogP contribution < -0.4 is 16.0 Å². The molecule has 1 aromatic heterocycles. The van der Waals surface area contributed by atoms with Gasteiger partial charge >= 0.3 is 5.97 Å². The lowest BCUT2D eigenvalue weighted by Crippen LogP contribution is -2.26. The van der Waals surface area contributed by atoms with Crippen molar-refractivity contribution in [3.05, 3.63) is 10.4 Å². The summed E-state index contributed by atoms with van der Waals surface area (Å²) in [5.74, 6) is -0.786. The molecule has 0 atom stereocenters. The lowest BCUT2D eigenvalue weighted by Gasteiger charge is -2.21. The quantitative estimate of drug-likeness (QED) is 0.830. The van der Waals surface area contributed by atoms with E-state index in [2.05, 4.69) is 24.1 Å². The van der Waals surface area contributed by atoms with E-state index >= 15 is 0 Å². The molecule has 0 bridgehead atoms. The number of esters is 1. The summed E-state index contributed by atoms with van der Waals surface area (Å²) in [7, 11) is 2.86. The predicted molar refractivity (Wildman–Crippen MR) is 84.1 cm³/mol. The van der Waals surface area contributed by atoms with E-state index in [-0.39, 0.29) is 21.9 Å². The minimum absolute atomic E-state index is 0.185. The van der Waals surface area contributed by atoms with Crippen molar-refractivity contribution in [1.82, 2.24) is 5.32 Å². The maximum absolute atomic E-state index is 12.1. The highest BCUT2D eigenvalue weighted by Gasteiger charge is 2.35. The van der Waals surface area contributed by atoms with Crippen LogP contribution in [0.1, 0.15) is 40.3 Å². The number of nitrogens with two attached hydrogens (primary N) is 1. The summed E-state index contributed by atoms with van der Waals surface area (Å²) in [6.07, 6.45) is 1.03. The van der Waals surface area contributed by atoms with Gasteiger partial charge in [-0.3, -0.25) is 4.79 Å². The Morgan fingerprint density at radius 1 is 1.43 bits per heavy atom. The Hall–Kier alpha value is -1.76. The van der Waals surface area contributed by atoms with Gasteiger partial charge in [0.2, 0.25) is 0 Å². The van der Waals surface area contributed by atoms with Crippen molar-refractivity contribution in [2.24, 2.45) is 5.41 Å². The van der Waals surface area contributed by atoms with Crippen LogP contribution in [0.15, 0.2) is 0 Å². The zero-order chi connectivity index (χ0) is 15.8. The Kier molecular flexibility index (Phi) is 4.13. The Labute approximate surface area is 128 Å². The second kappa shape index (κ2) is 5.55. The van der Waals surface area contributed by atoms with E-state index in [1.807, 2.05) is 0 Å². The summed E-state index contributed by atoms with van der Waals surface area (Å²) < 4.78 is 4.74. The number of carbonyl (C=O) groups is 2. The van der Waals surface area contributed by atoms with Crippen LogP contribution in [0.4, 0.5) is 10.7 Å². The highest BCUT2D eigenvalue weighted by Crippen LogP contribution is 2.42. The van der Waals surface area contributed by atoms with Crippen LogP contribution in [-0.2, 0) is 4.74 Å². The number of hydrogen-bond acceptors (Lipinski definition) is 6. The van der Waals surface area contributed by atoms with Crippen LogP contribution in [0, 0.1) is 5.41 Å². The fourth-order valence-electron chi connectivity index (χ4n) is 2.53.